The molecule has 0 radical (unpaired) electrons. The number of aromatic nitrogens is 1. The Morgan fingerprint density at radius 2 is 1.58 bits per heavy atom. The number of anilines is 1. The summed E-state index contributed by atoms with van der Waals surface area (Å²) in [6.07, 6.45) is 1.38. The third-order valence-electron chi connectivity index (χ3n) is 6.55. The van der Waals surface area contributed by atoms with E-state index in [1.165, 1.54) is 0 Å². The van der Waals surface area contributed by atoms with E-state index in [4.69, 9.17) is 4.74 Å². The largest absolute Gasteiger partial charge is 0.478 e. The molecule has 0 aliphatic carbocycles. The summed E-state index contributed by atoms with van der Waals surface area (Å²) in [7, 11) is 0. The van der Waals surface area contributed by atoms with Crippen LogP contribution in [0.1, 0.15) is 48.2 Å². The Kier molecular flexibility index (Phi) is 7.24. The van der Waals surface area contributed by atoms with Crippen LogP contribution in [0, 0.1) is 6.92 Å². The maximum atomic E-state index is 13.3. The van der Waals surface area contributed by atoms with Crippen LogP contribution >= 0.6 is 11.3 Å². The van der Waals surface area contributed by atoms with Gasteiger partial charge in [0.25, 0.3) is 5.91 Å². The van der Waals surface area contributed by atoms with Crippen molar-refractivity contribution in [3.63, 3.8) is 0 Å². The molecule has 7 nitrogen and oxygen atoms in total. The van der Waals surface area contributed by atoms with Crippen molar-refractivity contribution in [3.05, 3.63) is 89.5 Å². The second-order valence-electron chi connectivity index (χ2n) is 9.90. The minimum atomic E-state index is -1.05. The van der Waals surface area contributed by atoms with Gasteiger partial charge in [-0.3, -0.25) is 15.0 Å². The minimum absolute atomic E-state index is 0.0460. The summed E-state index contributed by atoms with van der Waals surface area (Å²) < 4.78 is 7.20. The second kappa shape index (κ2) is 10.8. The van der Waals surface area contributed by atoms with E-state index in [1.807, 2.05) is 60.4 Å². The molecule has 3 aromatic carbocycles. The number of nitrogens with zero attached hydrogens (tertiary/aromatic N) is 3. The number of benzene rings is 3. The molecule has 194 valence electrons. The lowest BCUT2D eigenvalue weighted by atomic mass is 10.0. The topological polar surface area (TPSA) is 83.9 Å². The molecule has 0 saturated carbocycles. The average molecular weight is 527 g/mol. The molecule has 2 heterocycles. The fraction of sp³-hybridized carbons (Fsp3) is 0.267. The summed E-state index contributed by atoms with van der Waals surface area (Å²) >= 11 is 1.57. The van der Waals surface area contributed by atoms with Gasteiger partial charge in [-0.15, -0.1) is 0 Å². The highest BCUT2D eigenvalue weighted by molar-refractivity contribution is 7.22. The van der Waals surface area contributed by atoms with Crippen molar-refractivity contribution in [2.75, 3.05) is 18.5 Å². The van der Waals surface area contributed by atoms with Crippen LogP contribution in [0.3, 0.4) is 0 Å². The highest BCUT2D eigenvalue weighted by Crippen LogP contribution is 2.26. The van der Waals surface area contributed by atoms with Crippen molar-refractivity contribution >= 4 is 44.1 Å². The number of ether oxygens (including phenoxy) is 1. The molecule has 4 aromatic rings. The number of piperidine rings is 1. The van der Waals surface area contributed by atoms with Crippen molar-refractivity contribution in [2.24, 2.45) is 5.10 Å². The molecule has 1 fully saturated rings. The number of aryl methyl sites for hydroxylation is 1. The number of thiazole rings is 1. The van der Waals surface area contributed by atoms with Gasteiger partial charge in [0.2, 0.25) is 5.13 Å². The number of hydrazone groups is 1. The monoisotopic (exact) mass is 526 g/mol. The van der Waals surface area contributed by atoms with Gasteiger partial charge in [-0.1, -0.05) is 53.3 Å². The first kappa shape index (κ1) is 25.6. The number of hydrogen-bond acceptors (Lipinski definition) is 7. The van der Waals surface area contributed by atoms with Crippen molar-refractivity contribution in [2.45, 2.75) is 39.2 Å². The number of para-hydroxylation sites is 1. The van der Waals surface area contributed by atoms with Gasteiger partial charge in [0.05, 0.1) is 10.2 Å². The molecule has 1 amide bonds. The Morgan fingerprint density at radius 1 is 0.947 bits per heavy atom. The Balaban J connectivity index is 1.15. The van der Waals surface area contributed by atoms with Crippen LogP contribution < -0.4 is 10.2 Å². The van der Waals surface area contributed by atoms with E-state index in [2.05, 4.69) is 15.5 Å². The molecule has 1 aliphatic heterocycles. The molecule has 1 aliphatic rings. The lowest BCUT2D eigenvalue weighted by Crippen LogP contribution is -2.51. The summed E-state index contributed by atoms with van der Waals surface area (Å²) in [6, 6.07) is 22.5. The van der Waals surface area contributed by atoms with E-state index in [0.29, 0.717) is 42.8 Å². The van der Waals surface area contributed by atoms with Gasteiger partial charge in [-0.2, -0.15) is 5.10 Å². The third kappa shape index (κ3) is 5.75. The summed E-state index contributed by atoms with van der Waals surface area (Å²) in [5, 5.41) is 5.30. The molecule has 0 atom stereocenters. The maximum absolute atomic E-state index is 13.3. The van der Waals surface area contributed by atoms with Crippen LogP contribution in [0.2, 0.25) is 0 Å². The molecule has 38 heavy (non-hydrogen) atoms. The van der Waals surface area contributed by atoms with E-state index in [-0.39, 0.29) is 11.7 Å². The molecule has 8 heteroatoms. The van der Waals surface area contributed by atoms with Crippen molar-refractivity contribution in [3.8, 4) is 5.75 Å². The number of hydrogen-bond donors (Lipinski definition) is 1. The number of ketones is 1. The number of carbonyl (C=O) groups excluding carboxylic acids is 2. The Labute approximate surface area is 226 Å². The molecule has 1 saturated heterocycles. The van der Waals surface area contributed by atoms with Crippen LogP contribution in [0.5, 0.6) is 5.75 Å². The Bertz CT molecular complexity index is 1450. The molecule has 1 aromatic heterocycles. The van der Waals surface area contributed by atoms with E-state index >= 15 is 0 Å². The van der Waals surface area contributed by atoms with Crippen LogP contribution in [-0.2, 0) is 4.79 Å². The first-order valence-corrected chi connectivity index (χ1v) is 13.5. The quantitative estimate of drug-likeness (QED) is 0.233. The van der Waals surface area contributed by atoms with Crippen molar-refractivity contribution in [1.82, 2.24) is 9.88 Å². The van der Waals surface area contributed by atoms with Crippen LogP contribution in [0.4, 0.5) is 5.13 Å². The van der Waals surface area contributed by atoms with E-state index in [9.17, 15) is 9.59 Å². The van der Waals surface area contributed by atoms with Gasteiger partial charge in [-0.05, 0) is 57.2 Å². The van der Waals surface area contributed by atoms with Crippen LogP contribution in [0.25, 0.3) is 10.2 Å². The number of amides is 1. The first-order valence-electron chi connectivity index (χ1n) is 12.7. The Hall–Kier alpha value is -4.04. The standard InChI is InChI=1S/C30H30N4O3S/c1-20-8-10-21(11-9-20)27(35)22-12-14-24(15-13-22)37-30(2,3)28(36)34-18-16-23(17-19-34)32-33-29-31-25-6-4-5-7-26(25)38-29/h4-15H,16-19H2,1-3H3,(H,31,33). The number of likely N-dealkylation sites (tertiary alicyclic amines) is 1. The molecule has 0 unspecified atom stereocenters. The summed E-state index contributed by atoms with van der Waals surface area (Å²) in [5.74, 6) is 0.425. The van der Waals surface area contributed by atoms with Gasteiger partial charge >= 0.3 is 0 Å². The fourth-order valence-electron chi connectivity index (χ4n) is 4.39. The number of carbonyl (C=O) groups is 2. The number of nitrogens with one attached hydrogen (secondary N) is 1. The predicted octanol–water partition coefficient (Wildman–Crippen LogP) is 6.08. The highest BCUT2D eigenvalue weighted by atomic mass is 32.1. The van der Waals surface area contributed by atoms with Crippen LogP contribution in [0.15, 0.2) is 77.9 Å². The van der Waals surface area contributed by atoms with Crippen molar-refractivity contribution in [1.29, 1.82) is 0 Å². The predicted molar refractivity (Wildman–Crippen MR) is 152 cm³/mol. The van der Waals surface area contributed by atoms with Gasteiger partial charge in [0, 0.05) is 42.8 Å². The Morgan fingerprint density at radius 3 is 2.24 bits per heavy atom. The van der Waals surface area contributed by atoms with E-state index in [1.54, 1.807) is 49.4 Å². The molecular weight excluding hydrogens is 496 g/mol. The van der Waals surface area contributed by atoms with Gasteiger partial charge < -0.3 is 9.64 Å². The van der Waals surface area contributed by atoms with Gasteiger partial charge in [0.1, 0.15) is 5.75 Å². The summed E-state index contributed by atoms with van der Waals surface area (Å²) in [4.78, 5) is 32.4. The van der Waals surface area contributed by atoms with E-state index in [0.717, 1.165) is 26.6 Å². The van der Waals surface area contributed by atoms with Gasteiger partial charge in [-0.25, -0.2) is 4.98 Å². The van der Waals surface area contributed by atoms with Gasteiger partial charge in [0.15, 0.2) is 11.4 Å². The zero-order valence-corrected chi connectivity index (χ0v) is 22.5. The molecule has 0 spiro atoms. The zero-order chi connectivity index (χ0) is 26.7. The number of fused-ring (bicyclic) bond motifs is 1. The smallest absolute Gasteiger partial charge is 0.266 e. The normalized spacial score (nSPS) is 13.9. The molecule has 5 rings (SSSR count). The zero-order valence-electron chi connectivity index (χ0n) is 21.7. The highest BCUT2D eigenvalue weighted by Gasteiger charge is 2.35. The van der Waals surface area contributed by atoms with E-state index < -0.39 is 5.60 Å². The summed E-state index contributed by atoms with van der Waals surface area (Å²) in [5.41, 5.74) is 6.33. The second-order valence-corrected chi connectivity index (χ2v) is 10.9. The third-order valence-corrected chi connectivity index (χ3v) is 7.49. The van der Waals surface area contributed by atoms with Crippen LogP contribution in [-0.4, -0.2) is 46.0 Å². The lowest BCUT2D eigenvalue weighted by Gasteiger charge is -2.34. The maximum Gasteiger partial charge on any atom is 0.266 e. The average Bonchev–Trinajstić information content (AvgIpc) is 3.35. The molecule has 0 bridgehead atoms. The molecule has 1 N–H and O–H groups in total. The fourth-order valence-corrected chi connectivity index (χ4v) is 5.20. The first-order chi connectivity index (χ1) is 18.3. The molecular formula is C30H30N4O3S. The lowest BCUT2D eigenvalue weighted by molar-refractivity contribution is -0.145. The SMILES string of the molecule is Cc1ccc(C(=O)c2ccc(OC(C)(C)C(=O)N3CCC(=NNc4nc5ccccc5s4)CC3)cc2)cc1. The number of rotatable bonds is 7. The minimum Gasteiger partial charge on any atom is -0.478 e. The summed E-state index contributed by atoms with van der Waals surface area (Å²) in [6.45, 7) is 6.70. The van der Waals surface area contributed by atoms with Crippen molar-refractivity contribution < 1.29 is 14.3 Å².